The van der Waals surface area contributed by atoms with Gasteiger partial charge in [-0.3, -0.25) is 9.89 Å². The van der Waals surface area contributed by atoms with E-state index in [1.807, 2.05) is 30.3 Å². The molecule has 7 aromatic rings. The number of aromatic amines is 2. The molecule has 0 spiro atoms. The lowest BCUT2D eigenvalue weighted by molar-refractivity contribution is 0.103. The standard InChI is InChI=1S/C31H20F2N4O2/c1-17-5-2-6-18(13-17)20-7-3-9-24-21(20)15-26(35-24)30(38)22-16-34-37-27-12-11-19(14-25(27)36-31(22)37)39-28-10-4-8-23(32)29(28)33/h2-16,34-35H,1H3. The third-order valence-electron chi connectivity index (χ3n) is 6.83. The van der Waals surface area contributed by atoms with Crippen molar-refractivity contribution in [2.45, 2.75) is 6.92 Å². The highest BCUT2D eigenvalue weighted by Crippen LogP contribution is 2.32. The zero-order valence-corrected chi connectivity index (χ0v) is 20.6. The minimum atomic E-state index is -1.06. The summed E-state index contributed by atoms with van der Waals surface area (Å²) >= 11 is 0. The number of imidazole rings is 1. The first kappa shape index (κ1) is 22.9. The molecule has 6 nitrogen and oxygen atoms in total. The highest BCUT2D eigenvalue weighted by atomic mass is 19.2. The number of ether oxygens (including phenoxy) is 1. The van der Waals surface area contributed by atoms with Crippen molar-refractivity contribution in [1.29, 1.82) is 0 Å². The van der Waals surface area contributed by atoms with Crippen LogP contribution >= 0.6 is 0 Å². The number of aryl methyl sites for hydroxylation is 1. The molecule has 0 amide bonds. The number of hydrogen-bond acceptors (Lipinski definition) is 3. The van der Waals surface area contributed by atoms with Gasteiger partial charge < -0.3 is 9.72 Å². The zero-order chi connectivity index (χ0) is 26.7. The lowest BCUT2D eigenvalue weighted by Crippen LogP contribution is -2.01. The van der Waals surface area contributed by atoms with Gasteiger partial charge in [0.2, 0.25) is 11.6 Å². The maximum absolute atomic E-state index is 14.1. The van der Waals surface area contributed by atoms with Crippen LogP contribution in [0.25, 0.3) is 38.7 Å². The fraction of sp³-hybridized carbons (Fsp3) is 0.0323. The fourth-order valence-corrected chi connectivity index (χ4v) is 4.97. The molecule has 190 valence electrons. The number of halogens is 2. The van der Waals surface area contributed by atoms with E-state index in [-0.39, 0.29) is 11.5 Å². The molecule has 0 saturated heterocycles. The Morgan fingerprint density at radius 3 is 2.67 bits per heavy atom. The van der Waals surface area contributed by atoms with Crippen molar-refractivity contribution in [1.82, 2.24) is 19.6 Å². The minimum Gasteiger partial charge on any atom is -0.454 e. The molecule has 3 heterocycles. The van der Waals surface area contributed by atoms with Gasteiger partial charge in [-0.15, -0.1) is 0 Å². The highest BCUT2D eigenvalue weighted by Gasteiger charge is 2.21. The van der Waals surface area contributed by atoms with Crippen molar-refractivity contribution >= 4 is 33.4 Å². The lowest BCUT2D eigenvalue weighted by Gasteiger charge is -2.06. The third-order valence-corrected chi connectivity index (χ3v) is 6.83. The number of carbonyl (C=O) groups is 1. The molecule has 4 aromatic carbocycles. The number of benzene rings is 4. The Balaban J connectivity index is 1.26. The van der Waals surface area contributed by atoms with Crippen molar-refractivity contribution in [3.8, 4) is 22.6 Å². The maximum atomic E-state index is 14.1. The van der Waals surface area contributed by atoms with Crippen molar-refractivity contribution in [3.05, 3.63) is 120 Å². The van der Waals surface area contributed by atoms with E-state index in [0.717, 1.165) is 33.7 Å². The molecule has 0 unspecified atom stereocenters. The van der Waals surface area contributed by atoms with Crippen LogP contribution in [0, 0.1) is 18.6 Å². The smallest absolute Gasteiger partial charge is 0.214 e. The molecule has 2 N–H and O–H groups in total. The molecule has 0 bridgehead atoms. The first-order valence-electron chi connectivity index (χ1n) is 12.3. The molecular formula is C31H20F2N4O2. The van der Waals surface area contributed by atoms with Gasteiger partial charge in [-0.05, 0) is 54.4 Å². The summed E-state index contributed by atoms with van der Waals surface area (Å²) in [6, 6.07) is 24.8. The van der Waals surface area contributed by atoms with Gasteiger partial charge in [0.25, 0.3) is 0 Å². The molecule has 39 heavy (non-hydrogen) atoms. The summed E-state index contributed by atoms with van der Waals surface area (Å²) in [7, 11) is 0. The number of hydrogen-bond donors (Lipinski definition) is 2. The van der Waals surface area contributed by atoms with Crippen LogP contribution in [0.3, 0.4) is 0 Å². The van der Waals surface area contributed by atoms with E-state index in [2.05, 4.69) is 40.2 Å². The number of H-pyrrole nitrogens is 2. The summed E-state index contributed by atoms with van der Waals surface area (Å²) in [5.41, 5.74) is 6.67. The molecule has 0 saturated carbocycles. The van der Waals surface area contributed by atoms with Crippen molar-refractivity contribution in [2.75, 3.05) is 0 Å². The lowest BCUT2D eigenvalue weighted by atomic mass is 10.00. The number of rotatable bonds is 5. The van der Waals surface area contributed by atoms with Gasteiger partial charge in [-0.1, -0.05) is 48.0 Å². The first-order valence-corrected chi connectivity index (χ1v) is 12.3. The number of aromatic nitrogens is 4. The number of nitrogens with one attached hydrogen (secondary N) is 2. The number of fused-ring (bicyclic) bond motifs is 4. The van der Waals surface area contributed by atoms with E-state index >= 15 is 0 Å². The van der Waals surface area contributed by atoms with Crippen molar-refractivity contribution in [2.24, 2.45) is 0 Å². The van der Waals surface area contributed by atoms with Gasteiger partial charge in [0, 0.05) is 23.2 Å². The Kier molecular flexibility index (Phi) is 5.09. The second kappa shape index (κ2) is 8.66. The van der Waals surface area contributed by atoms with Crippen LogP contribution in [0.15, 0.2) is 91.1 Å². The van der Waals surface area contributed by atoms with Crippen LogP contribution < -0.4 is 4.74 Å². The highest BCUT2D eigenvalue weighted by molar-refractivity contribution is 6.14. The van der Waals surface area contributed by atoms with Gasteiger partial charge in [0.05, 0.1) is 22.3 Å². The van der Waals surface area contributed by atoms with Crippen LogP contribution in [0.4, 0.5) is 8.78 Å². The SMILES string of the molecule is Cc1cccc(-c2cccc3[nH]c(C(=O)c4c[nH]n5c4nc4cc(Oc6cccc(F)c6F)ccc45)cc23)c1. The Morgan fingerprint density at radius 2 is 1.79 bits per heavy atom. The summed E-state index contributed by atoms with van der Waals surface area (Å²) < 4.78 is 34.9. The summed E-state index contributed by atoms with van der Waals surface area (Å²) in [6.07, 6.45) is 1.63. The predicted molar refractivity (Wildman–Crippen MR) is 145 cm³/mol. The summed E-state index contributed by atoms with van der Waals surface area (Å²) in [4.78, 5) is 21.5. The van der Waals surface area contributed by atoms with Crippen LogP contribution in [0.5, 0.6) is 11.5 Å². The quantitative estimate of drug-likeness (QED) is 0.231. The largest absolute Gasteiger partial charge is 0.454 e. The van der Waals surface area contributed by atoms with E-state index < -0.39 is 11.6 Å². The van der Waals surface area contributed by atoms with Crippen molar-refractivity contribution in [3.63, 3.8) is 0 Å². The van der Waals surface area contributed by atoms with Crippen molar-refractivity contribution < 1.29 is 18.3 Å². The van der Waals surface area contributed by atoms with Crippen LogP contribution in [0.1, 0.15) is 21.6 Å². The van der Waals surface area contributed by atoms with Crippen LogP contribution in [0.2, 0.25) is 0 Å². The van der Waals surface area contributed by atoms with E-state index in [1.54, 1.807) is 28.9 Å². The second-order valence-corrected chi connectivity index (χ2v) is 9.41. The molecular weight excluding hydrogens is 498 g/mol. The maximum Gasteiger partial charge on any atom is 0.214 e. The number of nitrogens with zero attached hydrogens (tertiary/aromatic N) is 2. The van der Waals surface area contributed by atoms with Crippen LogP contribution in [-0.4, -0.2) is 25.4 Å². The molecule has 7 rings (SSSR count). The number of carbonyl (C=O) groups excluding carboxylic acids is 1. The van der Waals surface area contributed by atoms with E-state index in [4.69, 9.17) is 4.74 Å². The first-order chi connectivity index (χ1) is 19.0. The second-order valence-electron chi connectivity index (χ2n) is 9.41. The summed E-state index contributed by atoms with van der Waals surface area (Å²) in [6.45, 7) is 2.05. The minimum absolute atomic E-state index is 0.207. The topological polar surface area (TPSA) is 75.2 Å². The van der Waals surface area contributed by atoms with E-state index in [9.17, 15) is 13.6 Å². The molecule has 0 aliphatic heterocycles. The average molecular weight is 519 g/mol. The van der Waals surface area contributed by atoms with E-state index in [0.29, 0.717) is 33.7 Å². The molecule has 8 heteroatoms. The third kappa shape index (κ3) is 3.76. The Bertz CT molecular complexity index is 2070. The molecule has 3 aromatic heterocycles. The fourth-order valence-electron chi connectivity index (χ4n) is 4.97. The van der Waals surface area contributed by atoms with Crippen LogP contribution in [-0.2, 0) is 0 Å². The van der Waals surface area contributed by atoms with Gasteiger partial charge in [0.15, 0.2) is 17.2 Å². The molecule has 0 radical (unpaired) electrons. The summed E-state index contributed by atoms with van der Waals surface area (Å²) in [5, 5.41) is 4.05. The normalized spacial score (nSPS) is 11.6. The predicted octanol–water partition coefficient (Wildman–Crippen LogP) is 7.57. The molecule has 0 fully saturated rings. The Labute approximate surface area is 220 Å². The molecule has 0 aliphatic rings. The van der Waals surface area contributed by atoms with Gasteiger partial charge in [-0.2, -0.15) is 4.39 Å². The molecule has 0 aliphatic carbocycles. The zero-order valence-electron chi connectivity index (χ0n) is 20.6. The van der Waals surface area contributed by atoms with Gasteiger partial charge in [-0.25, -0.2) is 13.9 Å². The summed E-state index contributed by atoms with van der Waals surface area (Å²) in [5.74, 6) is -2.19. The molecule has 0 atom stereocenters. The average Bonchev–Trinajstić information content (AvgIpc) is 3.64. The van der Waals surface area contributed by atoms with Gasteiger partial charge >= 0.3 is 0 Å². The monoisotopic (exact) mass is 518 g/mol. The Morgan fingerprint density at radius 1 is 0.949 bits per heavy atom. The van der Waals surface area contributed by atoms with E-state index in [1.165, 1.54) is 12.1 Å². The van der Waals surface area contributed by atoms with Gasteiger partial charge in [0.1, 0.15) is 5.75 Å². The number of ketones is 1. The Hall–Kier alpha value is -5.24.